The van der Waals surface area contributed by atoms with Crippen LogP contribution in [0, 0.1) is 0 Å². The zero-order chi connectivity index (χ0) is 26.6. The number of aliphatic hydroxyl groups is 4. The maximum Gasteiger partial charge on any atom is 0.234 e. The van der Waals surface area contributed by atoms with Crippen LogP contribution in [0.25, 0.3) is 0 Å². The van der Waals surface area contributed by atoms with Gasteiger partial charge in [-0.1, -0.05) is 28.7 Å². The van der Waals surface area contributed by atoms with E-state index in [1.807, 2.05) is 22.6 Å². The van der Waals surface area contributed by atoms with Gasteiger partial charge in [-0.25, -0.2) is 0 Å². The van der Waals surface area contributed by atoms with Crippen LogP contribution in [0.3, 0.4) is 0 Å². The van der Waals surface area contributed by atoms with E-state index in [1.165, 1.54) is 12.1 Å². The smallest absolute Gasteiger partial charge is 0.234 e. The summed E-state index contributed by atoms with van der Waals surface area (Å²) in [5.41, 5.74) is 0.447. The maximum atomic E-state index is 13.0. The molecule has 12 nitrogen and oxygen atoms in total. The highest BCUT2D eigenvalue weighted by atomic mass is 127. The molecule has 5 atom stereocenters. The topological polar surface area (TPSA) is 206 Å². The number of phenolic OH excluding ortho intramolecular Hbond substituents is 3. The van der Waals surface area contributed by atoms with E-state index in [-0.39, 0.29) is 45.9 Å². The van der Waals surface area contributed by atoms with E-state index in [1.54, 1.807) is 6.07 Å². The van der Waals surface area contributed by atoms with Crippen molar-refractivity contribution in [2.75, 3.05) is 16.4 Å². The number of nitrogens with one attached hydrogen (secondary N) is 1. The summed E-state index contributed by atoms with van der Waals surface area (Å²) in [5.74, 6) is -2.50. The van der Waals surface area contributed by atoms with Crippen LogP contribution in [0.1, 0.15) is 22.3 Å². The monoisotopic (exact) mass is 619 g/mol. The SMILES string of the molecule is O=C(CI)Nc1cc(CCC(=O)c2c(O)cc(O)cc2O[C@@H]2O[C@H](CO)[C@@H](O)[C@H](O)[C@H]2O)ccc1O. The molecule has 0 aromatic heterocycles. The first-order valence-corrected chi connectivity index (χ1v) is 12.3. The predicted molar refractivity (Wildman–Crippen MR) is 132 cm³/mol. The number of phenols is 3. The number of anilines is 1. The number of rotatable bonds is 9. The summed E-state index contributed by atoms with van der Waals surface area (Å²) in [6, 6.07) is 6.37. The highest BCUT2D eigenvalue weighted by molar-refractivity contribution is 14.1. The van der Waals surface area contributed by atoms with E-state index < -0.39 is 54.6 Å². The molecule has 0 unspecified atom stereocenters. The maximum absolute atomic E-state index is 13.0. The lowest BCUT2D eigenvalue weighted by Crippen LogP contribution is -2.60. The van der Waals surface area contributed by atoms with Gasteiger partial charge in [0.1, 0.15) is 53.0 Å². The molecule has 8 N–H and O–H groups in total. The molecule has 1 fully saturated rings. The van der Waals surface area contributed by atoms with Crippen LogP contribution >= 0.6 is 22.6 Å². The zero-order valence-electron chi connectivity index (χ0n) is 18.7. The molecular formula is C23H26INO11. The molecule has 1 heterocycles. The van der Waals surface area contributed by atoms with Crippen LogP contribution in [0.5, 0.6) is 23.0 Å². The molecule has 0 radical (unpaired) electrons. The first-order chi connectivity index (χ1) is 17.0. The normalized spacial score (nSPS) is 23.8. The predicted octanol–water partition coefficient (Wildman–Crippen LogP) is 0.171. The second-order valence-electron chi connectivity index (χ2n) is 8.11. The number of carbonyl (C=O) groups is 2. The number of ketones is 1. The van der Waals surface area contributed by atoms with E-state index >= 15 is 0 Å². The molecule has 36 heavy (non-hydrogen) atoms. The molecule has 1 amide bonds. The minimum atomic E-state index is -1.77. The number of carbonyl (C=O) groups excluding carboxylic acids is 2. The molecule has 0 bridgehead atoms. The van der Waals surface area contributed by atoms with Crippen molar-refractivity contribution in [3.8, 4) is 23.0 Å². The molecule has 0 saturated carbocycles. The molecular weight excluding hydrogens is 593 g/mol. The van der Waals surface area contributed by atoms with Gasteiger partial charge in [-0.3, -0.25) is 9.59 Å². The van der Waals surface area contributed by atoms with Crippen LogP contribution < -0.4 is 10.1 Å². The standard InChI is InChI=1S/C23H26INO11/c24-8-18(31)25-12-5-10(1-3-13(12)28)2-4-14(29)19-15(30)6-11(27)7-16(19)35-23-22(34)21(33)20(32)17(9-26)36-23/h1,3,5-7,17,20-23,26-28,30,32-34H,2,4,8-9H2,(H,25,31)/t17-,20-,21+,22-,23-/m1/s1. The molecule has 0 aliphatic carbocycles. The van der Waals surface area contributed by atoms with Crippen molar-refractivity contribution < 1.29 is 54.8 Å². The summed E-state index contributed by atoms with van der Waals surface area (Å²) in [5, 5.41) is 72.2. The fourth-order valence-electron chi connectivity index (χ4n) is 3.65. The number of hydrogen-bond acceptors (Lipinski definition) is 11. The van der Waals surface area contributed by atoms with Gasteiger partial charge in [0.05, 0.1) is 16.7 Å². The number of amides is 1. The number of aliphatic hydroxyl groups excluding tert-OH is 4. The molecule has 2 aromatic carbocycles. The average Bonchev–Trinajstić information content (AvgIpc) is 2.84. The second-order valence-corrected chi connectivity index (χ2v) is 8.87. The fourth-order valence-corrected chi connectivity index (χ4v) is 3.85. The summed E-state index contributed by atoms with van der Waals surface area (Å²) < 4.78 is 11.0. The molecule has 13 heteroatoms. The summed E-state index contributed by atoms with van der Waals surface area (Å²) in [6.45, 7) is -0.700. The summed E-state index contributed by atoms with van der Waals surface area (Å²) >= 11 is 1.87. The van der Waals surface area contributed by atoms with Gasteiger partial charge in [0.15, 0.2) is 5.78 Å². The number of ether oxygens (including phenoxy) is 2. The third kappa shape index (κ3) is 6.35. The summed E-state index contributed by atoms with van der Waals surface area (Å²) in [7, 11) is 0. The average molecular weight is 619 g/mol. The molecule has 1 saturated heterocycles. The largest absolute Gasteiger partial charge is 0.508 e. The molecule has 2 aromatic rings. The third-order valence-electron chi connectivity index (χ3n) is 5.53. The van der Waals surface area contributed by atoms with Gasteiger partial charge in [0.25, 0.3) is 0 Å². The van der Waals surface area contributed by atoms with Crippen molar-refractivity contribution in [1.29, 1.82) is 0 Å². The first-order valence-electron chi connectivity index (χ1n) is 10.8. The van der Waals surface area contributed by atoms with Crippen molar-refractivity contribution in [3.05, 3.63) is 41.5 Å². The van der Waals surface area contributed by atoms with Crippen molar-refractivity contribution in [2.24, 2.45) is 0 Å². The number of hydrogen-bond donors (Lipinski definition) is 8. The Morgan fingerprint density at radius 2 is 1.72 bits per heavy atom. The van der Waals surface area contributed by atoms with Crippen molar-refractivity contribution in [1.82, 2.24) is 0 Å². The number of benzene rings is 2. The van der Waals surface area contributed by atoms with Crippen LogP contribution in [0.4, 0.5) is 5.69 Å². The highest BCUT2D eigenvalue weighted by Gasteiger charge is 2.45. The Labute approximate surface area is 218 Å². The van der Waals surface area contributed by atoms with Gasteiger partial charge in [-0.15, -0.1) is 0 Å². The van der Waals surface area contributed by atoms with Gasteiger partial charge >= 0.3 is 0 Å². The van der Waals surface area contributed by atoms with Crippen molar-refractivity contribution in [2.45, 2.75) is 43.5 Å². The Morgan fingerprint density at radius 1 is 1.00 bits per heavy atom. The minimum absolute atomic E-state index is 0.144. The van der Waals surface area contributed by atoms with Crippen LogP contribution in [-0.2, 0) is 16.0 Å². The van der Waals surface area contributed by atoms with Crippen molar-refractivity contribution in [3.63, 3.8) is 0 Å². The highest BCUT2D eigenvalue weighted by Crippen LogP contribution is 2.36. The second kappa shape index (κ2) is 12.0. The number of halogens is 1. The fraction of sp³-hybridized carbons (Fsp3) is 0.391. The lowest BCUT2D eigenvalue weighted by molar-refractivity contribution is -0.277. The van der Waals surface area contributed by atoms with Crippen LogP contribution in [0.2, 0.25) is 0 Å². The van der Waals surface area contributed by atoms with E-state index in [2.05, 4.69) is 5.32 Å². The number of alkyl halides is 1. The third-order valence-corrected chi connectivity index (χ3v) is 6.23. The Hall–Kier alpha value is -2.69. The number of aryl methyl sites for hydroxylation is 1. The van der Waals surface area contributed by atoms with Gasteiger partial charge in [-0.2, -0.15) is 0 Å². The lowest BCUT2D eigenvalue weighted by atomic mass is 9.98. The number of aromatic hydroxyl groups is 3. The Balaban J connectivity index is 1.80. The Bertz CT molecular complexity index is 1110. The van der Waals surface area contributed by atoms with Crippen LogP contribution in [0.15, 0.2) is 30.3 Å². The number of Topliss-reactive ketones (excluding diaryl/α,β-unsaturated/α-hetero) is 1. The lowest BCUT2D eigenvalue weighted by Gasteiger charge is -2.39. The molecule has 196 valence electrons. The Morgan fingerprint density at radius 3 is 2.39 bits per heavy atom. The van der Waals surface area contributed by atoms with Crippen LogP contribution in [-0.4, -0.2) is 89.2 Å². The van der Waals surface area contributed by atoms with E-state index in [9.17, 15) is 45.3 Å². The molecule has 1 aliphatic rings. The van der Waals surface area contributed by atoms with E-state index in [4.69, 9.17) is 9.47 Å². The van der Waals surface area contributed by atoms with E-state index in [0.717, 1.165) is 12.1 Å². The van der Waals surface area contributed by atoms with Crippen molar-refractivity contribution >= 4 is 40.0 Å². The van der Waals surface area contributed by atoms with Gasteiger partial charge < -0.3 is 50.5 Å². The first kappa shape index (κ1) is 27.9. The summed E-state index contributed by atoms with van der Waals surface area (Å²) in [4.78, 5) is 24.7. The zero-order valence-corrected chi connectivity index (χ0v) is 20.9. The minimum Gasteiger partial charge on any atom is -0.508 e. The molecule has 1 aliphatic heterocycles. The van der Waals surface area contributed by atoms with Gasteiger partial charge in [0, 0.05) is 18.6 Å². The van der Waals surface area contributed by atoms with Gasteiger partial charge in [0.2, 0.25) is 12.2 Å². The summed E-state index contributed by atoms with van der Waals surface area (Å²) in [6.07, 6.45) is -8.06. The Kier molecular flexibility index (Phi) is 9.32. The molecule has 3 rings (SSSR count). The van der Waals surface area contributed by atoms with E-state index in [0.29, 0.717) is 5.56 Å². The molecule has 0 spiro atoms. The quantitative estimate of drug-likeness (QED) is 0.0822. The van der Waals surface area contributed by atoms with Gasteiger partial charge in [-0.05, 0) is 24.1 Å².